The van der Waals surface area contributed by atoms with Crippen molar-refractivity contribution in [3.63, 3.8) is 0 Å². The van der Waals surface area contributed by atoms with Crippen molar-refractivity contribution in [2.75, 3.05) is 12.5 Å². The molecule has 0 aliphatic carbocycles. The molecule has 0 bridgehead atoms. The summed E-state index contributed by atoms with van der Waals surface area (Å²) in [6, 6.07) is 12.7. The fraction of sp³-hybridized carbons (Fsp3) is 0.0769. The van der Waals surface area contributed by atoms with E-state index in [1.807, 2.05) is 0 Å². The highest BCUT2D eigenvalue weighted by Gasteiger charge is 2.13. The van der Waals surface area contributed by atoms with Gasteiger partial charge < -0.3 is 10.2 Å². The average molecular weight is 313 g/mol. The SMILES string of the molecule is COc1ccc(S(=O)(=O)NNc2ccc(Cl)cc2)cc1. The van der Waals surface area contributed by atoms with Crippen LogP contribution in [-0.4, -0.2) is 15.5 Å². The van der Waals surface area contributed by atoms with Gasteiger partial charge in [-0.1, -0.05) is 11.6 Å². The van der Waals surface area contributed by atoms with Gasteiger partial charge >= 0.3 is 0 Å². The molecule has 2 aromatic rings. The smallest absolute Gasteiger partial charge is 0.257 e. The van der Waals surface area contributed by atoms with E-state index in [1.54, 1.807) is 36.4 Å². The van der Waals surface area contributed by atoms with Crippen LogP contribution in [0.25, 0.3) is 0 Å². The number of halogens is 1. The fourth-order valence-corrected chi connectivity index (χ4v) is 2.46. The number of methoxy groups -OCH3 is 1. The highest BCUT2D eigenvalue weighted by molar-refractivity contribution is 7.89. The first-order chi connectivity index (χ1) is 9.51. The Kier molecular flexibility index (Phi) is 4.49. The minimum atomic E-state index is -3.64. The molecule has 0 radical (unpaired) electrons. The first-order valence-corrected chi connectivity index (χ1v) is 7.55. The van der Waals surface area contributed by atoms with Gasteiger partial charge in [0.2, 0.25) is 0 Å². The summed E-state index contributed by atoms with van der Waals surface area (Å²) in [4.78, 5) is 2.43. The van der Waals surface area contributed by atoms with E-state index in [4.69, 9.17) is 16.3 Å². The van der Waals surface area contributed by atoms with Gasteiger partial charge in [-0.15, -0.1) is 4.83 Å². The van der Waals surface area contributed by atoms with Crippen LogP contribution in [0.15, 0.2) is 53.4 Å². The molecular formula is C13H13ClN2O3S. The Balaban J connectivity index is 2.08. The maximum atomic E-state index is 12.0. The van der Waals surface area contributed by atoms with E-state index in [-0.39, 0.29) is 4.90 Å². The van der Waals surface area contributed by atoms with Crippen LogP contribution in [-0.2, 0) is 10.0 Å². The van der Waals surface area contributed by atoms with Crippen LogP contribution in [0.3, 0.4) is 0 Å². The average Bonchev–Trinajstić information content (AvgIpc) is 2.47. The predicted molar refractivity (Wildman–Crippen MR) is 78.4 cm³/mol. The molecular weight excluding hydrogens is 300 g/mol. The van der Waals surface area contributed by atoms with Crippen molar-refractivity contribution in [2.45, 2.75) is 4.90 Å². The van der Waals surface area contributed by atoms with Crippen molar-refractivity contribution in [3.05, 3.63) is 53.6 Å². The summed E-state index contributed by atoms with van der Waals surface area (Å²) in [5.74, 6) is 0.592. The van der Waals surface area contributed by atoms with Gasteiger partial charge in [0.25, 0.3) is 10.0 Å². The molecule has 0 aromatic heterocycles. The largest absolute Gasteiger partial charge is 0.497 e. The Labute approximate surface area is 122 Å². The van der Waals surface area contributed by atoms with Crippen molar-refractivity contribution in [1.82, 2.24) is 4.83 Å². The van der Waals surface area contributed by atoms with Crippen molar-refractivity contribution in [2.24, 2.45) is 0 Å². The zero-order valence-electron chi connectivity index (χ0n) is 10.6. The van der Waals surface area contributed by atoms with Gasteiger partial charge in [0.1, 0.15) is 5.75 Å². The van der Waals surface area contributed by atoms with Gasteiger partial charge in [-0.05, 0) is 48.5 Å². The van der Waals surface area contributed by atoms with Crippen molar-refractivity contribution >= 4 is 27.3 Å². The topological polar surface area (TPSA) is 67.4 Å². The molecule has 0 saturated heterocycles. The number of sulfonamides is 1. The highest BCUT2D eigenvalue weighted by Crippen LogP contribution is 2.16. The molecule has 0 fully saturated rings. The van der Waals surface area contributed by atoms with E-state index >= 15 is 0 Å². The zero-order chi connectivity index (χ0) is 14.6. The molecule has 20 heavy (non-hydrogen) atoms. The lowest BCUT2D eigenvalue weighted by Gasteiger charge is -2.10. The lowest BCUT2D eigenvalue weighted by atomic mass is 10.3. The van der Waals surface area contributed by atoms with E-state index in [0.29, 0.717) is 16.5 Å². The monoisotopic (exact) mass is 312 g/mol. The van der Waals surface area contributed by atoms with Gasteiger partial charge in [0, 0.05) is 10.7 Å². The Bertz CT molecular complexity index is 670. The predicted octanol–water partition coefficient (Wildman–Crippen LogP) is 2.65. The number of hydrogen-bond acceptors (Lipinski definition) is 4. The lowest BCUT2D eigenvalue weighted by Crippen LogP contribution is -2.29. The maximum absolute atomic E-state index is 12.0. The van der Waals surface area contributed by atoms with Crippen molar-refractivity contribution in [1.29, 1.82) is 0 Å². The quantitative estimate of drug-likeness (QED) is 0.833. The summed E-state index contributed by atoms with van der Waals surface area (Å²) >= 11 is 5.75. The molecule has 0 aliphatic heterocycles. The summed E-state index contributed by atoms with van der Waals surface area (Å²) in [5, 5.41) is 0.577. The van der Waals surface area contributed by atoms with Gasteiger partial charge in [-0.3, -0.25) is 0 Å². The van der Waals surface area contributed by atoms with E-state index in [1.165, 1.54) is 19.2 Å². The molecule has 0 aliphatic rings. The van der Waals surface area contributed by atoms with Crippen LogP contribution in [0, 0.1) is 0 Å². The molecule has 106 valence electrons. The number of rotatable bonds is 5. The molecule has 2 aromatic carbocycles. The van der Waals surface area contributed by atoms with Gasteiger partial charge in [-0.25, -0.2) is 8.42 Å². The number of ether oxygens (including phenoxy) is 1. The van der Waals surface area contributed by atoms with Crippen molar-refractivity contribution < 1.29 is 13.2 Å². The number of nitrogens with one attached hydrogen (secondary N) is 2. The summed E-state index contributed by atoms with van der Waals surface area (Å²) in [6.07, 6.45) is 0. The summed E-state index contributed by atoms with van der Waals surface area (Å²) < 4.78 is 29.0. The first-order valence-electron chi connectivity index (χ1n) is 5.69. The van der Waals surface area contributed by atoms with E-state index < -0.39 is 10.0 Å². The molecule has 0 heterocycles. The van der Waals surface area contributed by atoms with Gasteiger partial charge in [-0.2, -0.15) is 0 Å². The second kappa shape index (κ2) is 6.13. The molecule has 0 unspecified atom stereocenters. The second-order valence-corrected chi connectivity index (χ2v) is 6.03. The zero-order valence-corrected chi connectivity index (χ0v) is 12.2. The minimum Gasteiger partial charge on any atom is -0.497 e. The molecule has 0 atom stereocenters. The van der Waals surface area contributed by atoms with Gasteiger partial charge in [0.15, 0.2) is 0 Å². The lowest BCUT2D eigenvalue weighted by molar-refractivity contribution is 0.414. The second-order valence-electron chi connectivity index (χ2n) is 3.91. The van der Waals surface area contributed by atoms with E-state index in [2.05, 4.69) is 10.3 Å². The van der Waals surface area contributed by atoms with Crippen LogP contribution in [0.4, 0.5) is 5.69 Å². The maximum Gasteiger partial charge on any atom is 0.257 e. The Hall–Kier alpha value is -1.76. The third-order valence-electron chi connectivity index (χ3n) is 2.54. The standard InChI is InChI=1S/C13H13ClN2O3S/c1-19-12-6-8-13(9-7-12)20(17,18)16-15-11-4-2-10(14)3-5-11/h2-9,15-16H,1H3. The van der Waals surface area contributed by atoms with Crippen LogP contribution < -0.4 is 15.0 Å². The summed E-state index contributed by atoms with van der Waals surface area (Å²) in [6.45, 7) is 0. The van der Waals surface area contributed by atoms with E-state index in [9.17, 15) is 8.42 Å². The van der Waals surface area contributed by atoms with Crippen LogP contribution >= 0.6 is 11.6 Å². The van der Waals surface area contributed by atoms with E-state index in [0.717, 1.165) is 0 Å². The minimum absolute atomic E-state index is 0.139. The third-order valence-corrected chi connectivity index (χ3v) is 4.06. The molecule has 0 amide bonds. The van der Waals surface area contributed by atoms with Crippen molar-refractivity contribution in [3.8, 4) is 5.75 Å². The first kappa shape index (κ1) is 14.6. The van der Waals surface area contributed by atoms with Crippen LogP contribution in [0.2, 0.25) is 5.02 Å². The molecule has 0 spiro atoms. The van der Waals surface area contributed by atoms with Crippen LogP contribution in [0.5, 0.6) is 5.75 Å². The Morgan fingerprint density at radius 1 is 1.00 bits per heavy atom. The Morgan fingerprint density at radius 3 is 2.15 bits per heavy atom. The normalized spacial score (nSPS) is 11.1. The molecule has 0 saturated carbocycles. The number of hydrazine groups is 1. The summed E-state index contributed by atoms with van der Waals surface area (Å²) in [7, 11) is -2.13. The fourth-order valence-electron chi connectivity index (χ4n) is 1.47. The van der Waals surface area contributed by atoms with Gasteiger partial charge in [0.05, 0.1) is 12.0 Å². The molecule has 5 nitrogen and oxygen atoms in total. The molecule has 7 heteroatoms. The number of hydrogen-bond donors (Lipinski definition) is 2. The number of benzene rings is 2. The summed E-state index contributed by atoms with van der Waals surface area (Å²) in [5.41, 5.74) is 3.20. The Morgan fingerprint density at radius 2 is 1.60 bits per heavy atom. The number of anilines is 1. The molecule has 2 rings (SSSR count). The highest BCUT2D eigenvalue weighted by atomic mass is 35.5. The van der Waals surface area contributed by atoms with Crippen LogP contribution in [0.1, 0.15) is 0 Å². The third kappa shape index (κ3) is 3.63. The molecule has 2 N–H and O–H groups in total.